The van der Waals surface area contributed by atoms with Crippen molar-refractivity contribution in [1.82, 2.24) is 14.5 Å². The Kier molecular flexibility index (Phi) is 7.12. The van der Waals surface area contributed by atoms with E-state index >= 15 is 0 Å². The molecule has 3 aromatic carbocycles. The van der Waals surface area contributed by atoms with Crippen LogP contribution in [0.2, 0.25) is 0 Å². The molecule has 0 aliphatic rings. The number of carbonyl (C=O) groups excluding carboxylic acids is 1. The Labute approximate surface area is 228 Å². The topological polar surface area (TPSA) is 118 Å². The molecule has 0 saturated carbocycles. The van der Waals surface area contributed by atoms with Crippen LogP contribution < -0.4 is 19.7 Å². The molecule has 0 saturated heterocycles. The molecule has 0 unspecified atom stereocenters. The van der Waals surface area contributed by atoms with Crippen LogP contribution in [-0.4, -0.2) is 25.5 Å². The first kappa shape index (κ1) is 26.1. The van der Waals surface area contributed by atoms with Crippen molar-refractivity contribution in [3.63, 3.8) is 0 Å². The highest BCUT2D eigenvalue weighted by molar-refractivity contribution is 7.09. The zero-order chi connectivity index (χ0) is 27.7. The van der Waals surface area contributed by atoms with Crippen LogP contribution in [0.5, 0.6) is 23.1 Å². The van der Waals surface area contributed by atoms with Crippen molar-refractivity contribution in [2.45, 2.75) is 33.8 Å². The average Bonchev–Trinajstić information content (AvgIpc) is 3.37. The number of aryl methyl sites for hydroxylation is 3. The standard InChI is InChI=1S/C29H28N4O5S/c1-16-11-22(12-17(2)27(16)30-18(3)34)38-21-9-10-23-24(14-21)33(4)26(31-23)15-37-20-7-5-19(6-8-20)13-25-28(35)32-29(36)39-25/h5-12,14,35H,13,15H2,1-4H3,(H,30,34)(H,32,36). The van der Waals surface area contributed by atoms with E-state index < -0.39 is 0 Å². The Hall–Kier alpha value is -4.57. The van der Waals surface area contributed by atoms with Gasteiger partial charge in [-0.1, -0.05) is 23.5 Å². The molecule has 0 atom stereocenters. The van der Waals surface area contributed by atoms with Crippen LogP contribution in [0.15, 0.2) is 59.4 Å². The average molecular weight is 545 g/mol. The Morgan fingerprint density at radius 1 is 1.05 bits per heavy atom. The smallest absolute Gasteiger partial charge is 0.307 e. The third-order valence-corrected chi connectivity index (χ3v) is 7.22. The minimum Gasteiger partial charge on any atom is -0.494 e. The maximum atomic E-state index is 11.5. The molecule has 0 aliphatic carbocycles. The van der Waals surface area contributed by atoms with E-state index in [1.54, 1.807) is 0 Å². The first-order valence-electron chi connectivity index (χ1n) is 12.3. The van der Waals surface area contributed by atoms with Gasteiger partial charge in [-0.15, -0.1) is 0 Å². The minimum atomic E-state index is -0.272. The first-order chi connectivity index (χ1) is 18.7. The third-order valence-electron chi connectivity index (χ3n) is 6.34. The van der Waals surface area contributed by atoms with Gasteiger partial charge in [0.2, 0.25) is 11.8 Å². The number of carbonyl (C=O) groups is 1. The number of nitrogens with zero attached hydrogens (tertiary/aromatic N) is 2. The second-order valence-electron chi connectivity index (χ2n) is 9.35. The van der Waals surface area contributed by atoms with E-state index in [0.29, 0.717) is 28.5 Å². The van der Waals surface area contributed by atoms with Crippen molar-refractivity contribution in [2.75, 3.05) is 5.32 Å². The Balaban J connectivity index is 1.27. The summed E-state index contributed by atoms with van der Waals surface area (Å²) in [6.07, 6.45) is 0.462. The molecular formula is C29H28N4O5S. The molecular weight excluding hydrogens is 516 g/mol. The van der Waals surface area contributed by atoms with Gasteiger partial charge in [-0.05, 0) is 66.9 Å². The SMILES string of the molecule is CC(=O)Nc1c(C)cc(Oc2ccc3nc(COc4ccc(Cc5sc(=O)[nH]c5O)cc4)n(C)c3c2)cc1C. The van der Waals surface area contributed by atoms with Crippen molar-refractivity contribution in [3.8, 4) is 23.1 Å². The molecule has 5 rings (SSSR count). The van der Waals surface area contributed by atoms with Crippen LogP contribution >= 0.6 is 11.3 Å². The van der Waals surface area contributed by atoms with Gasteiger partial charge in [0.1, 0.15) is 29.7 Å². The van der Waals surface area contributed by atoms with Crippen LogP contribution in [0.25, 0.3) is 11.0 Å². The van der Waals surface area contributed by atoms with Gasteiger partial charge in [0, 0.05) is 32.1 Å². The Morgan fingerprint density at radius 2 is 1.74 bits per heavy atom. The number of aromatic hydroxyl groups is 1. The highest BCUT2D eigenvalue weighted by Gasteiger charge is 2.13. The van der Waals surface area contributed by atoms with Gasteiger partial charge >= 0.3 is 4.87 Å². The molecule has 2 heterocycles. The predicted molar refractivity (Wildman–Crippen MR) is 151 cm³/mol. The zero-order valence-corrected chi connectivity index (χ0v) is 22.8. The van der Waals surface area contributed by atoms with Gasteiger partial charge in [-0.25, -0.2) is 4.98 Å². The quantitative estimate of drug-likeness (QED) is 0.235. The molecule has 39 heavy (non-hydrogen) atoms. The number of nitrogens with one attached hydrogen (secondary N) is 2. The molecule has 0 bridgehead atoms. The number of hydrogen-bond donors (Lipinski definition) is 3. The van der Waals surface area contributed by atoms with Gasteiger partial charge < -0.3 is 24.5 Å². The van der Waals surface area contributed by atoms with Crippen molar-refractivity contribution in [2.24, 2.45) is 7.05 Å². The monoisotopic (exact) mass is 544 g/mol. The zero-order valence-electron chi connectivity index (χ0n) is 22.0. The summed E-state index contributed by atoms with van der Waals surface area (Å²) >= 11 is 1.00. The number of thiazole rings is 1. The predicted octanol–water partition coefficient (Wildman–Crippen LogP) is 5.57. The lowest BCUT2D eigenvalue weighted by Gasteiger charge is -2.13. The lowest BCUT2D eigenvalue weighted by molar-refractivity contribution is -0.114. The molecule has 3 N–H and O–H groups in total. The van der Waals surface area contributed by atoms with Gasteiger partial charge in [0.05, 0.1) is 15.9 Å². The number of anilines is 1. The van der Waals surface area contributed by atoms with Crippen LogP contribution in [0.3, 0.4) is 0 Å². The lowest BCUT2D eigenvalue weighted by Crippen LogP contribution is -2.08. The van der Waals surface area contributed by atoms with E-state index in [9.17, 15) is 14.7 Å². The minimum absolute atomic E-state index is 0.0779. The van der Waals surface area contributed by atoms with Gasteiger partial charge in [0.25, 0.3) is 0 Å². The number of imidazole rings is 1. The molecule has 1 amide bonds. The summed E-state index contributed by atoms with van der Waals surface area (Å²) in [5, 5.41) is 12.7. The summed E-state index contributed by atoms with van der Waals surface area (Å²) in [7, 11) is 1.94. The maximum Gasteiger partial charge on any atom is 0.307 e. The van der Waals surface area contributed by atoms with E-state index in [0.717, 1.165) is 50.6 Å². The molecule has 0 aliphatic heterocycles. The Morgan fingerprint density at radius 3 is 2.38 bits per heavy atom. The summed E-state index contributed by atoms with van der Waals surface area (Å²) in [6, 6.07) is 17.1. The molecule has 10 heteroatoms. The number of fused-ring (bicyclic) bond motifs is 1. The highest BCUT2D eigenvalue weighted by Crippen LogP contribution is 2.31. The molecule has 9 nitrogen and oxygen atoms in total. The number of aromatic nitrogens is 3. The summed E-state index contributed by atoms with van der Waals surface area (Å²) in [5.41, 5.74) is 5.35. The van der Waals surface area contributed by atoms with Crippen LogP contribution in [0.4, 0.5) is 5.69 Å². The van der Waals surface area contributed by atoms with Crippen molar-refractivity contribution in [3.05, 3.63) is 91.7 Å². The summed E-state index contributed by atoms with van der Waals surface area (Å²) < 4.78 is 14.1. The fraction of sp³-hybridized carbons (Fsp3) is 0.207. The number of aromatic amines is 1. The maximum absolute atomic E-state index is 11.5. The summed E-state index contributed by atoms with van der Waals surface area (Å²) in [4.78, 5) is 30.3. The molecule has 200 valence electrons. The summed E-state index contributed by atoms with van der Waals surface area (Å²) in [6.45, 7) is 5.65. The number of ether oxygens (including phenoxy) is 2. The fourth-order valence-electron chi connectivity index (χ4n) is 4.41. The van der Waals surface area contributed by atoms with E-state index in [2.05, 4.69) is 10.3 Å². The highest BCUT2D eigenvalue weighted by atomic mass is 32.1. The van der Waals surface area contributed by atoms with E-state index in [1.165, 1.54) is 6.92 Å². The number of rotatable bonds is 8. The van der Waals surface area contributed by atoms with Crippen LogP contribution in [0, 0.1) is 13.8 Å². The normalized spacial score (nSPS) is 11.1. The largest absolute Gasteiger partial charge is 0.494 e. The summed E-state index contributed by atoms with van der Waals surface area (Å²) in [5.74, 6) is 2.63. The van der Waals surface area contributed by atoms with Gasteiger partial charge in [-0.3, -0.25) is 14.6 Å². The van der Waals surface area contributed by atoms with Crippen LogP contribution in [-0.2, 0) is 24.9 Å². The molecule has 0 fully saturated rings. The number of amides is 1. The lowest BCUT2D eigenvalue weighted by atomic mass is 10.1. The van der Waals surface area contributed by atoms with Gasteiger partial charge in [0.15, 0.2) is 0 Å². The third kappa shape index (κ3) is 5.80. The van der Waals surface area contributed by atoms with E-state index in [4.69, 9.17) is 14.5 Å². The van der Waals surface area contributed by atoms with Crippen molar-refractivity contribution < 1.29 is 19.4 Å². The fourth-order valence-corrected chi connectivity index (χ4v) is 5.17. The number of H-pyrrole nitrogens is 1. The first-order valence-corrected chi connectivity index (χ1v) is 13.1. The van der Waals surface area contributed by atoms with E-state index in [1.807, 2.05) is 80.1 Å². The van der Waals surface area contributed by atoms with Crippen molar-refractivity contribution >= 4 is 34.0 Å². The van der Waals surface area contributed by atoms with Crippen LogP contribution in [0.1, 0.15) is 34.3 Å². The molecule has 0 spiro atoms. The van der Waals surface area contributed by atoms with E-state index in [-0.39, 0.29) is 23.3 Å². The van der Waals surface area contributed by atoms with Crippen molar-refractivity contribution in [1.29, 1.82) is 0 Å². The molecule has 5 aromatic rings. The van der Waals surface area contributed by atoms with Gasteiger partial charge in [-0.2, -0.15) is 0 Å². The molecule has 0 radical (unpaired) electrons. The molecule has 2 aromatic heterocycles. The number of hydrogen-bond acceptors (Lipinski definition) is 7. The number of benzene rings is 3. The second-order valence-corrected chi connectivity index (χ2v) is 10.4. The second kappa shape index (κ2) is 10.7. The Bertz CT molecular complexity index is 1710.